The van der Waals surface area contributed by atoms with Crippen LogP contribution in [0.25, 0.3) is 0 Å². The molecule has 5 heteroatoms. The molecule has 2 heterocycles. The molecule has 2 aromatic heterocycles. The van der Waals surface area contributed by atoms with Gasteiger partial charge in [-0.1, -0.05) is 11.6 Å². The van der Waals surface area contributed by atoms with Crippen molar-refractivity contribution in [3.63, 3.8) is 0 Å². The second-order valence-corrected chi connectivity index (χ2v) is 4.79. The standard InChI is InChI=1S/C13H12ClN3O/c1-8-2-5-10(7-15-8)18-12-6-11(14)16-13(17-12)9-3-4-9/h2,5-7,9H,3-4H2,1H3. The van der Waals surface area contributed by atoms with Gasteiger partial charge in [0.2, 0.25) is 5.88 Å². The first-order chi connectivity index (χ1) is 8.70. The molecule has 1 aliphatic carbocycles. The van der Waals surface area contributed by atoms with Crippen LogP contribution >= 0.6 is 11.6 Å². The molecule has 1 saturated carbocycles. The molecule has 0 radical (unpaired) electrons. The highest BCUT2D eigenvalue weighted by molar-refractivity contribution is 6.29. The van der Waals surface area contributed by atoms with Gasteiger partial charge in [0.25, 0.3) is 0 Å². The first-order valence-corrected chi connectivity index (χ1v) is 6.23. The molecule has 0 amide bonds. The molecule has 18 heavy (non-hydrogen) atoms. The monoisotopic (exact) mass is 261 g/mol. The van der Waals surface area contributed by atoms with Gasteiger partial charge in [-0.25, -0.2) is 4.98 Å². The van der Waals surface area contributed by atoms with Crippen molar-refractivity contribution in [1.82, 2.24) is 15.0 Å². The van der Waals surface area contributed by atoms with Crippen molar-refractivity contribution in [2.45, 2.75) is 25.7 Å². The molecule has 3 rings (SSSR count). The SMILES string of the molecule is Cc1ccc(Oc2cc(Cl)nc(C3CC3)n2)cn1. The van der Waals surface area contributed by atoms with Gasteiger partial charge in [0, 0.05) is 17.7 Å². The Bertz CT molecular complexity index is 567. The Kier molecular flexibility index (Phi) is 2.88. The molecule has 1 fully saturated rings. The van der Waals surface area contributed by atoms with Gasteiger partial charge in [-0.15, -0.1) is 0 Å². The summed E-state index contributed by atoms with van der Waals surface area (Å²) in [6.07, 6.45) is 3.93. The number of halogens is 1. The fourth-order valence-corrected chi connectivity index (χ4v) is 1.81. The predicted octanol–water partition coefficient (Wildman–Crippen LogP) is 3.50. The minimum atomic E-state index is 0.418. The molecule has 0 bridgehead atoms. The Morgan fingerprint density at radius 1 is 1.28 bits per heavy atom. The van der Waals surface area contributed by atoms with Gasteiger partial charge in [0.05, 0.1) is 6.20 Å². The summed E-state index contributed by atoms with van der Waals surface area (Å²) in [6.45, 7) is 1.93. The molecule has 2 aromatic rings. The van der Waals surface area contributed by atoms with E-state index in [-0.39, 0.29) is 0 Å². The zero-order valence-corrected chi connectivity index (χ0v) is 10.7. The fraction of sp³-hybridized carbons (Fsp3) is 0.308. The Morgan fingerprint density at radius 2 is 2.11 bits per heavy atom. The molecule has 0 saturated heterocycles. The number of pyridine rings is 1. The zero-order valence-electron chi connectivity index (χ0n) is 9.93. The van der Waals surface area contributed by atoms with Crippen LogP contribution in [0.2, 0.25) is 5.15 Å². The average molecular weight is 262 g/mol. The summed E-state index contributed by atoms with van der Waals surface area (Å²) in [6, 6.07) is 5.36. The van der Waals surface area contributed by atoms with E-state index in [2.05, 4.69) is 15.0 Å². The molecule has 1 aliphatic rings. The number of nitrogens with zero attached hydrogens (tertiary/aromatic N) is 3. The molecular weight excluding hydrogens is 250 g/mol. The molecule has 0 aliphatic heterocycles. The first-order valence-electron chi connectivity index (χ1n) is 5.86. The Morgan fingerprint density at radius 3 is 2.78 bits per heavy atom. The van der Waals surface area contributed by atoms with Crippen molar-refractivity contribution in [3.8, 4) is 11.6 Å². The van der Waals surface area contributed by atoms with E-state index < -0.39 is 0 Å². The molecule has 92 valence electrons. The van der Waals surface area contributed by atoms with Gasteiger partial charge in [-0.05, 0) is 31.9 Å². The summed E-state index contributed by atoms with van der Waals surface area (Å²) in [4.78, 5) is 12.7. The molecule has 0 aromatic carbocycles. The fourth-order valence-electron chi connectivity index (χ4n) is 1.63. The third kappa shape index (κ3) is 2.59. The molecule has 4 nitrogen and oxygen atoms in total. The van der Waals surface area contributed by atoms with Gasteiger partial charge >= 0.3 is 0 Å². The maximum atomic E-state index is 5.97. The lowest BCUT2D eigenvalue weighted by Crippen LogP contribution is -1.96. The highest BCUT2D eigenvalue weighted by atomic mass is 35.5. The van der Waals surface area contributed by atoms with E-state index in [1.54, 1.807) is 12.3 Å². The number of hydrogen-bond acceptors (Lipinski definition) is 4. The number of aryl methyl sites for hydroxylation is 1. The largest absolute Gasteiger partial charge is 0.437 e. The second kappa shape index (κ2) is 4.53. The van der Waals surface area contributed by atoms with Gasteiger partial charge < -0.3 is 4.74 Å². The van der Waals surface area contributed by atoms with Gasteiger partial charge in [0.1, 0.15) is 16.7 Å². The lowest BCUT2D eigenvalue weighted by atomic mass is 10.4. The van der Waals surface area contributed by atoms with E-state index in [1.807, 2.05) is 19.1 Å². The zero-order chi connectivity index (χ0) is 12.5. The maximum Gasteiger partial charge on any atom is 0.224 e. The predicted molar refractivity (Wildman–Crippen MR) is 68.1 cm³/mol. The van der Waals surface area contributed by atoms with Crippen molar-refractivity contribution in [2.24, 2.45) is 0 Å². The van der Waals surface area contributed by atoms with Crippen LogP contribution in [0.1, 0.15) is 30.3 Å². The lowest BCUT2D eigenvalue weighted by molar-refractivity contribution is 0.456. The number of aromatic nitrogens is 3. The quantitative estimate of drug-likeness (QED) is 0.794. The smallest absolute Gasteiger partial charge is 0.224 e. The summed E-state index contributed by atoms with van der Waals surface area (Å²) >= 11 is 5.97. The van der Waals surface area contributed by atoms with Gasteiger partial charge in [0.15, 0.2) is 0 Å². The molecule has 0 atom stereocenters. The summed E-state index contributed by atoms with van der Waals surface area (Å²) in [5.41, 5.74) is 0.946. The van der Waals surface area contributed by atoms with Crippen LogP contribution in [0.4, 0.5) is 0 Å². The Balaban J connectivity index is 1.85. The van der Waals surface area contributed by atoms with Crippen molar-refractivity contribution >= 4 is 11.6 Å². The van der Waals surface area contributed by atoms with Crippen LogP contribution in [0.3, 0.4) is 0 Å². The minimum Gasteiger partial charge on any atom is -0.437 e. The van der Waals surface area contributed by atoms with Crippen molar-refractivity contribution in [2.75, 3.05) is 0 Å². The van der Waals surface area contributed by atoms with E-state index in [4.69, 9.17) is 16.3 Å². The van der Waals surface area contributed by atoms with Gasteiger partial charge in [-0.2, -0.15) is 4.98 Å². The molecular formula is C13H12ClN3O. The Labute approximate surface area is 110 Å². The van der Waals surface area contributed by atoms with Crippen LogP contribution in [0, 0.1) is 6.92 Å². The van der Waals surface area contributed by atoms with Crippen LogP contribution in [0.5, 0.6) is 11.6 Å². The minimum absolute atomic E-state index is 0.418. The van der Waals surface area contributed by atoms with Crippen LogP contribution in [-0.4, -0.2) is 15.0 Å². The molecule has 0 N–H and O–H groups in total. The Hall–Kier alpha value is -1.68. The van der Waals surface area contributed by atoms with E-state index in [0.717, 1.165) is 24.4 Å². The van der Waals surface area contributed by atoms with E-state index >= 15 is 0 Å². The van der Waals surface area contributed by atoms with E-state index in [1.165, 1.54) is 0 Å². The summed E-state index contributed by atoms with van der Waals surface area (Å²) in [7, 11) is 0. The van der Waals surface area contributed by atoms with Crippen LogP contribution in [0.15, 0.2) is 24.4 Å². The lowest BCUT2D eigenvalue weighted by Gasteiger charge is -2.06. The summed E-state index contributed by atoms with van der Waals surface area (Å²) in [5.74, 6) is 2.35. The number of ether oxygens (including phenoxy) is 1. The van der Waals surface area contributed by atoms with Crippen molar-refractivity contribution in [1.29, 1.82) is 0 Å². The van der Waals surface area contributed by atoms with Crippen molar-refractivity contribution in [3.05, 3.63) is 41.1 Å². The van der Waals surface area contributed by atoms with E-state index in [0.29, 0.717) is 22.7 Å². The average Bonchev–Trinajstić information content (AvgIpc) is 3.15. The van der Waals surface area contributed by atoms with Crippen LogP contribution in [-0.2, 0) is 0 Å². The van der Waals surface area contributed by atoms with Crippen molar-refractivity contribution < 1.29 is 4.74 Å². The third-order valence-electron chi connectivity index (χ3n) is 2.74. The first kappa shape index (κ1) is 11.4. The number of rotatable bonds is 3. The van der Waals surface area contributed by atoms with Gasteiger partial charge in [-0.3, -0.25) is 4.98 Å². The molecule has 0 spiro atoms. The summed E-state index contributed by atoms with van der Waals surface area (Å²) in [5, 5.41) is 0.418. The highest BCUT2D eigenvalue weighted by Gasteiger charge is 2.27. The highest BCUT2D eigenvalue weighted by Crippen LogP contribution is 2.39. The second-order valence-electron chi connectivity index (χ2n) is 4.40. The molecule has 0 unspecified atom stereocenters. The third-order valence-corrected chi connectivity index (χ3v) is 2.93. The van der Waals surface area contributed by atoms with E-state index in [9.17, 15) is 0 Å². The maximum absolute atomic E-state index is 5.97. The summed E-state index contributed by atoms with van der Waals surface area (Å²) < 4.78 is 5.63. The number of hydrogen-bond donors (Lipinski definition) is 0. The normalized spacial score (nSPS) is 14.6. The van der Waals surface area contributed by atoms with Crippen LogP contribution < -0.4 is 4.74 Å². The topological polar surface area (TPSA) is 47.9 Å².